The third-order valence-corrected chi connectivity index (χ3v) is 6.31. The van der Waals surface area contributed by atoms with Crippen LogP contribution in [0.4, 0.5) is 0 Å². The summed E-state index contributed by atoms with van der Waals surface area (Å²) in [6.45, 7) is 4.15. The Labute approximate surface area is 183 Å². The molecule has 31 heavy (non-hydrogen) atoms. The van der Waals surface area contributed by atoms with Gasteiger partial charge in [-0.2, -0.15) is 0 Å². The summed E-state index contributed by atoms with van der Waals surface area (Å²) in [5, 5.41) is 4.27. The van der Waals surface area contributed by atoms with Crippen molar-refractivity contribution < 1.29 is 19.2 Å². The van der Waals surface area contributed by atoms with Crippen LogP contribution in [-0.2, 0) is 4.79 Å². The maximum Gasteiger partial charge on any atom is 0.221 e. The van der Waals surface area contributed by atoms with Crippen LogP contribution in [0, 0.1) is 0 Å². The molecule has 0 unspecified atom stereocenters. The van der Waals surface area contributed by atoms with E-state index in [1.54, 1.807) is 19.1 Å². The number of para-hydroxylation sites is 1. The second-order valence-electron chi connectivity index (χ2n) is 8.21. The predicted molar refractivity (Wildman–Crippen MR) is 122 cm³/mol. The summed E-state index contributed by atoms with van der Waals surface area (Å²) in [6, 6.07) is 14.0. The summed E-state index contributed by atoms with van der Waals surface area (Å²) in [5.74, 6) is 1.39. The lowest BCUT2D eigenvalue weighted by molar-refractivity contribution is -0.886. The van der Waals surface area contributed by atoms with Gasteiger partial charge in [0, 0.05) is 53.9 Å². The van der Waals surface area contributed by atoms with E-state index in [0.717, 1.165) is 40.1 Å². The molecular weight excluding hydrogens is 390 g/mol. The van der Waals surface area contributed by atoms with E-state index in [9.17, 15) is 4.79 Å². The van der Waals surface area contributed by atoms with Crippen LogP contribution in [0.1, 0.15) is 36.3 Å². The number of carbonyl (C=O) groups excluding carboxylic acids is 1. The highest BCUT2D eigenvalue weighted by Gasteiger charge is 2.25. The van der Waals surface area contributed by atoms with Crippen molar-refractivity contribution in [1.29, 1.82) is 0 Å². The zero-order valence-corrected chi connectivity index (χ0v) is 18.4. The Morgan fingerprint density at radius 3 is 2.68 bits per heavy atom. The molecule has 0 aliphatic carbocycles. The van der Waals surface area contributed by atoms with E-state index in [4.69, 9.17) is 9.47 Å². The van der Waals surface area contributed by atoms with Crippen molar-refractivity contribution in [2.75, 3.05) is 40.4 Å². The van der Waals surface area contributed by atoms with E-state index >= 15 is 0 Å². The fourth-order valence-corrected chi connectivity index (χ4v) is 4.64. The summed E-state index contributed by atoms with van der Waals surface area (Å²) in [7, 11) is 3.30. The van der Waals surface area contributed by atoms with E-state index < -0.39 is 0 Å². The fourth-order valence-electron chi connectivity index (χ4n) is 4.64. The average Bonchev–Trinajstić information content (AvgIpc) is 3.47. The van der Waals surface area contributed by atoms with Gasteiger partial charge in [-0.15, -0.1) is 0 Å². The van der Waals surface area contributed by atoms with Gasteiger partial charge in [0.1, 0.15) is 11.5 Å². The highest BCUT2D eigenvalue weighted by Crippen LogP contribution is 2.39. The van der Waals surface area contributed by atoms with Crippen molar-refractivity contribution >= 4 is 16.8 Å². The standard InChI is InChI=1S/C25H31N3O3/c1-30-18-9-10-20(24(15-18)31-2)21(22-17-27-23-8-4-3-7-19(22)23)16-25(29)26-11-14-28-12-5-6-13-28/h3-4,7-10,15,17,21,27H,5-6,11-14,16H2,1-2H3,(H,26,29)/p+1/t21-/m1/s1. The van der Waals surface area contributed by atoms with E-state index in [1.165, 1.54) is 25.9 Å². The zero-order chi connectivity index (χ0) is 21.6. The van der Waals surface area contributed by atoms with Crippen molar-refractivity contribution in [3.63, 3.8) is 0 Å². The van der Waals surface area contributed by atoms with Gasteiger partial charge >= 0.3 is 0 Å². The average molecular weight is 423 g/mol. The topological polar surface area (TPSA) is 67.8 Å². The molecule has 2 heterocycles. The lowest BCUT2D eigenvalue weighted by Crippen LogP contribution is -3.10. The number of amides is 1. The van der Waals surface area contributed by atoms with Crippen LogP contribution in [0.5, 0.6) is 11.5 Å². The molecular formula is C25H32N3O3+. The zero-order valence-electron chi connectivity index (χ0n) is 18.4. The number of benzene rings is 2. The van der Waals surface area contributed by atoms with Crippen LogP contribution < -0.4 is 19.7 Å². The molecule has 4 rings (SSSR count). The minimum absolute atomic E-state index is 0.0618. The molecule has 1 aliphatic heterocycles. The molecule has 0 saturated carbocycles. The van der Waals surface area contributed by atoms with Gasteiger partial charge in [0.25, 0.3) is 0 Å². The summed E-state index contributed by atoms with van der Waals surface area (Å²) in [5.41, 5.74) is 3.14. The van der Waals surface area contributed by atoms with E-state index in [2.05, 4.69) is 22.4 Å². The summed E-state index contributed by atoms with van der Waals surface area (Å²) in [6.07, 6.45) is 4.97. The minimum atomic E-state index is -0.129. The highest BCUT2D eigenvalue weighted by atomic mass is 16.5. The number of quaternary nitrogens is 1. The van der Waals surface area contributed by atoms with Crippen LogP contribution in [0.3, 0.4) is 0 Å². The van der Waals surface area contributed by atoms with Gasteiger partial charge in [-0.25, -0.2) is 0 Å². The number of hydrogen-bond acceptors (Lipinski definition) is 3. The molecule has 6 nitrogen and oxygen atoms in total. The summed E-state index contributed by atoms with van der Waals surface area (Å²) >= 11 is 0. The number of aromatic amines is 1. The molecule has 1 saturated heterocycles. The molecule has 6 heteroatoms. The number of H-pyrrole nitrogens is 1. The summed E-state index contributed by atoms with van der Waals surface area (Å²) < 4.78 is 11.1. The molecule has 1 aromatic heterocycles. The molecule has 1 amide bonds. The third kappa shape index (κ3) is 4.85. The van der Waals surface area contributed by atoms with Gasteiger partial charge in [-0.05, 0) is 17.7 Å². The smallest absolute Gasteiger partial charge is 0.221 e. The fraction of sp³-hybridized carbons (Fsp3) is 0.400. The van der Waals surface area contributed by atoms with Crippen molar-refractivity contribution in [2.24, 2.45) is 0 Å². The first-order chi connectivity index (χ1) is 15.2. The Balaban J connectivity index is 1.59. The number of ether oxygens (including phenoxy) is 2. The SMILES string of the molecule is COc1ccc([C@@H](CC(=O)NCC[NH+]2CCCC2)c2c[nH]c3ccccc23)c(OC)c1. The van der Waals surface area contributed by atoms with Crippen molar-refractivity contribution in [1.82, 2.24) is 10.3 Å². The second kappa shape index (κ2) is 9.88. The van der Waals surface area contributed by atoms with Crippen LogP contribution in [0.2, 0.25) is 0 Å². The normalized spacial score (nSPS) is 15.2. The van der Waals surface area contributed by atoms with Crippen molar-refractivity contribution in [2.45, 2.75) is 25.2 Å². The molecule has 3 N–H and O–H groups in total. The third-order valence-electron chi connectivity index (χ3n) is 6.31. The van der Waals surface area contributed by atoms with Gasteiger partial charge in [0.05, 0.1) is 40.4 Å². The molecule has 2 aromatic carbocycles. The quantitative estimate of drug-likeness (QED) is 0.496. The van der Waals surface area contributed by atoms with E-state index in [-0.39, 0.29) is 11.8 Å². The number of methoxy groups -OCH3 is 2. The number of aromatic nitrogens is 1. The van der Waals surface area contributed by atoms with Gasteiger partial charge in [-0.1, -0.05) is 24.3 Å². The lowest BCUT2D eigenvalue weighted by Gasteiger charge is -2.21. The number of fused-ring (bicyclic) bond motifs is 1. The Kier molecular flexibility index (Phi) is 6.77. The number of hydrogen-bond donors (Lipinski definition) is 3. The van der Waals surface area contributed by atoms with Gasteiger partial charge in [0.15, 0.2) is 0 Å². The lowest BCUT2D eigenvalue weighted by atomic mass is 9.87. The Bertz CT molecular complexity index is 1020. The predicted octanol–water partition coefficient (Wildman–Crippen LogP) is 2.50. The molecule has 0 spiro atoms. The first-order valence-electron chi connectivity index (χ1n) is 11.1. The van der Waals surface area contributed by atoms with E-state index in [1.807, 2.05) is 36.5 Å². The van der Waals surface area contributed by atoms with Gasteiger partial charge in [-0.3, -0.25) is 4.79 Å². The molecule has 1 atom stereocenters. The molecule has 0 bridgehead atoms. The molecule has 1 fully saturated rings. The molecule has 0 radical (unpaired) electrons. The number of rotatable bonds is 9. The van der Waals surface area contributed by atoms with Crippen molar-refractivity contribution in [3.05, 3.63) is 59.8 Å². The Morgan fingerprint density at radius 1 is 1.10 bits per heavy atom. The number of likely N-dealkylation sites (tertiary alicyclic amines) is 1. The van der Waals surface area contributed by atoms with Gasteiger partial charge in [0.2, 0.25) is 5.91 Å². The monoisotopic (exact) mass is 422 g/mol. The van der Waals surface area contributed by atoms with Crippen LogP contribution in [-0.4, -0.2) is 51.3 Å². The number of carbonyl (C=O) groups is 1. The first-order valence-corrected chi connectivity index (χ1v) is 11.1. The van der Waals surface area contributed by atoms with E-state index in [0.29, 0.717) is 13.0 Å². The Morgan fingerprint density at radius 2 is 1.90 bits per heavy atom. The summed E-state index contributed by atoms with van der Waals surface area (Å²) in [4.78, 5) is 17.9. The largest absolute Gasteiger partial charge is 0.497 e. The van der Waals surface area contributed by atoms with Crippen molar-refractivity contribution in [3.8, 4) is 11.5 Å². The first kappa shape index (κ1) is 21.2. The molecule has 3 aromatic rings. The maximum absolute atomic E-state index is 13.0. The number of nitrogens with one attached hydrogen (secondary N) is 3. The van der Waals surface area contributed by atoms with Crippen LogP contribution in [0.15, 0.2) is 48.7 Å². The minimum Gasteiger partial charge on any atom is -0.497 e. The highest BCUT2D eigenvalue weighted by molar-refractivity contribution is 5.86. The second-order valence-corrected chi connectivity index (χ2v) is 8.21. The molecule has 1 aliphatic rings. The van der Waals surface area contributed by atoms with Crippen LogP contribution in [0.25, 0.3) is 10.9 Å². The van der Waals surface area contributed by atoms with Gasteiger partial charge < -0.3 is 24.7 Å². The van der Waals surface area contributed by atoms with Crippen LogP contribution >= 0.6 is 0 Å². The Hall–Kier alpha value is -2.99. The molecule has 164 valence electrons. The maximum atomic E-state index is 13.0.